The summed E-state index contributed by atoms with van der Waals surface area (Å²) in [5, 5.41) is 12.0. The molecular formula is C15H21N3O2. The molecule has 0 amide bonds. The van der Waals surface area contributed by atoms with Gasteiger partial charge in [-0.15, -0.1) is 0 Å². The maximum absolute atomic E-state index is 8.70. The van der Waals surface area contributed by atoms with Gasteiger partial charge < -0.3 is 19.7 Å². The maximum Gasteiger partial charge on any atom is 0.119 e. The van der Waals surface area contributed by atoms with Gasteiger partial charge in [0.2, 0.25) is 0 Å². The maximum atomic E-state index is 8.70. The van der Waals surface area contributed by atoms with Crippen LogP contribution in [0.5, 0.6) is 5.75 Å². The Morgan fingerprint density at radius 1 is 1.45 bits per heavy atom. The van der Waals surface area contributed by atoms with Crippen LogP contribution in [0.2, 0.25) is 0 Å². The highest BCUT2D eigenvalue weighted by atomic mass is 16.5. The lowest BCUT2D eigenvalue weighted by atomic mass is 10.2. The van der Waals surface area contributed by atoms with Gasteiger partial charge in [0.15, 0.2) is 0 Å². The fraction of sp³-hybridized carbons (Fsp3) is 0.533. The van der Waals surface area contributed by atoms with Gasteiger partial charge in [-0.1, -0.05) is 0 Å². The van der Waals surface area contributed by atoms with Crippen LogP contribution in [0, 0.1) is 11.3 Å². The molecule has 1 aliphatic heterocycles. The van der Waals surface area contributed by atoms with Gasteiger partial charge in [-0.3, -0.25) is 0 Å². The largest absolute Gasteiger partial charge is 0.492 e. The summed E-state index contributed by atoms with van der Waals surface area (Å²) in [6.45, 7) is 5.03. The molecule has 1 N–H and O–H groups in total. The van der Waals surface area contributed by atoms with E-state index >= 15 is 0 Å². The Hall–Kier alpha value is -1.61. The third-order valence-electron chi connectivity index (χ3n) is 3.24. The van der Waals surface area contributed by atoms with Crippen molar-refractivity contribution in [3.63, 3.8) is 0 Å². The van der Waals surface area contributed by atoms with Gasteiger partial charge in [0, 0.05) is 26.2 Å². The van der Waals surface area contributed by atoms with Crippen molar-refractivity contribution < 1.29 is 9.47 Å². The molecule has 1 fully saturated rings. The van der Waals surface area contributed by atoms with Gasteiger partial charge in [-0.2, -0.15) is 5.26 Å². The molecule has 1 saturated heterocycles. The Bertz CT molecular complexity index is 441. The average molecular weight is 275 g/mol. The van der Waals surface area contributed by atoms with Crippen molar-refractivity contribution in [1.82, 2.24) is 10.2 Å². The smallest absolute Gasteiger partial charge is 0.119 e. The molecule has 0 unspecified atom stereocenters. The van der Waals surface area contributed by atoms with Crippen LogP contribution in [0.25, 0.3) is 0 Å². The molecule has 1 atom stereocenters. The van der Waals surface area contributed by atoms with E-state index in [1.807, 2.05) is 12.1 Å². The van der Waals surface area contributed by atoms with Gasteiger partial charge in [0.05, 0.1) is 24.3 Å². The van der Waals surface area contributed by atoms with Crippen molar-refractivity contribution >= 4 is 0 Å². The first-order valence-electron chi connectivity index (χ1n) is 6.92. The predicted octanol–water partition coefficient (Wildman–Crippen LogP) is 0.857. The summed E-state index contributed by atoms with van der Waals surface area (Å²) in [4.78, 5) is 2.28. The second-order valence-electron chi connectivity index (χ2n) is 4.94. The average Bonchev–Trinajstić information content (AvgIpc) is 2.48. The molecule has 0 aromatic heterocycles. The summed E-state index contributed by atoms with van der Waals surface area (Å²) in [6, 6.07) is 9.24. The number of hydrogen-bond acceptors (Lipinski definition) is 5. The molecule has 1 heterocycles. The Balaban J connectivity index is 1.58. The van der Waals surface area contributed by atoms with E-state index in [1.165, 1.54) is 0 Å². The number of nitrogens with one attached hydrogen (secondary N) is 1. The molecular weight excluding hydrogens is 254 g/mol. The normalized spacial score (nSPS) is 19.5. The number of nitriles is 1. The van der Waals surface area contributed by atoms with Crippen LogP contribution in [-0.2, 0) is 4.74 Å². The Kier molecular flexibility index (Phi) is 5.81. The highest BCUT2D eigenvalue weighted by Crippen LogP contribution is 2.11. The summed E-state index contributed by atoms with van der Waals surface area (Å²) in [7, 11) is 2.11. The fourth-order valence-electron chi connectivity index (χ4n) is 2.12. The predicted molar refractivity (Wildman–Crippen MR) is 76.8 cm³/mol. The standard InChI is InChI=1S/C15H21N3O2/c1-18-7-9-20-15(12-18)11-17-6-8-19-14-4-2-13(10-16)3-5-14/h2-5,15,17H,6-9,11-12H2,1H3/t15-/m1/s1. The molecule has 5 nitrogen and oxygen atoms in total. The molecule has 5 heteroatoms. The van der Waals surface area contributed by atoms with Crippen molar-refractivity contribution in [2.75, 3.05) is 46.4 Å². The molecule has 20 heavy (non-hydrogen) atoms. The van der Waals surface area contributed by atoms with Gasteiger partial charge >= 0.3 is 0 Å². The second kappa shape index (κ2) is 7.85. The van der Waals surface area contributed by atoms with Crippen LogP contribution < -0.4 is 10.1 Å². The lowest BCUT2D eigenvalue weighted by molar-refractivity contribution is -0.0182. The van der Waals surface area contributed by atoms with Crippen molar-refractivity contribution in [2.45, 2.75) is 6.10 Å². The molecule has 1 aromatic rings. The lowest BCUT2D eigenvalue weighted by Gasteiger charge is -2.30. The Morgan fingerprint density at radius 2 is 2.25 bits per heavy atom. The Labute approximate surface area is 120 Å². The lowest BCUT2D eigenvalue weighted by Crippen LogP contribution is -2.45. The van der Waals surface area contributed by atoms with E-state index in [-0.39, 0.29) is 6.10 Å². The third kappa shape index (κ3) is 4.82. The van der Waals surface area contributed by atoms with Gasteiger partial charge in [-0.25, -0.2) is 0 Å². The van der Waals surface area contributed by atoms with E-state index in [0.717, 1.165) is 38.5 Å². The minimum atomic E-state index is 0.267. The van der Waals surface area contributed by atoms with Crippen LogP contribution in [-0.4, -0.2) is 57.4 Å². The van der Waals surface area contributed by atoms with Crippen LogP contribution in [0.15, 0.2) is 24.3 Å². The van der Waals surface area contributed by atoms with Crippen molar-refractivity contribution in [2.24, 2.45) is 0 Å². The first kappa shape index (κ1) is 14.8. The Morgan fingerprint density at radius 3 is 2.95 bits per heavy atom. The number of morpholine rings is 1. The van der Waals surface area contributed by atoms with Crippen molar-refractivity contribution in [3.05, 3.63) is 29.8 Å². The monoisotopic (exact) mass is 275 g/mol. The third-order valence-corrected chi connectivity index (χ3v) is 3.24. The minimum Gasteiger partial charge on any atom is -0.492 e. The van der Waals surface area contributed by atoms with E-state index in [0.29, 0.717) is 12.2 Å². The highest BCUT2D eigenvalue weighted by molar-refractivity contribution is 5.34. The minimum absolute atomic E-state index is 0.267. The number of nitrogens with zero attached hydrogens (tertiary/aromatic N) is 2. The summed E-state index contributed by atoms with van der Waals surface area (Å²) in [5.41, 5.74) is 0.647. The molecule has 0 saturated carbocycles. The van der Waals surface area contributed by atoms with Gasteiger partial charge in [-0.05, 0) is 31.3 Å². The zero-order valence-electron chi connectivity index (χ0n) is 11.8. The quantitative estimate of drug-likeness (QED) is 0.780. The van der Waals surface area contributed by atoms with E-state index < -0.39 is 0 Å². The van der Waals surface area contributed by atoms with Crippen molar-refractivity contribution in [1.29, 1.82) is 5.26 Å². The molecule has 0 spiro atoms. The van der Waals surface area contributed by atoms with Crippen LogP contribution in [0.4, 0.5) is 0 Å². The molecule has 0 aliphatic carbocycles. The molecule has 108 valence electrons. The zero-order valence-corrected chi connectivity index (χ0v) is 11.8. The number of likely N-dealkylation sites (N-methyl/N-ethyl adjacent to an activating group) is 1. The highest BCUT2D eigenvalue weighted by Gasteiger charge is 2.16. The van der Waals surface area contributed by atoms with E-state index in [1.54, 1.807) is 12.1 Å². The molecule has 0 radical (unpaired) electrons. The first-order valence-corrected chi connectivity index (χ1v) is 6.92. The van der Waals surface area contributed by atoms with E-state index in [2.05, 4.69) is 23.3 Å². The van der Waals surface area contributed by atoms with Gasteiger partial charge in [0.1, 0.15) is 12.4 Å². The first-order chi connectivity index (χ1) is 9.78. The number of ether oxygens (including phenoxy) is 2. The summed E-state index contributed by atoms with van der Waals surface area (Å²) >= 11 is 0. The van der Waals surface area contributed by atoms with E-state index in [9.17, 15) is 0 Å². The molecule has 1 aromatic carbocycles. The van der Waals surface area contributed by atoms with E-state index in [4.69, 9.17) is 14.7 Å². The number of benzene rings is 1. The van der Waals surface area contributed by atoms with Crippen LogP contribution in [0.1, 0.15) is 5.56 Å². The second-order valence-corrected chi connectivity index (χ2v) is 4.94. The number of hydrogen-bond donors (Lipinski definition) is 1. The summed E-state index contributed by atoms with van der Waals surface area (Å²) in [5.74, 6) is 0.791. The van der Waals surface area contributed by atoms with Crippen LogP contribution in [0.3, 0.4) is 0 Å². The van der Waals surface area contributed by atoms with Crippen molar-refractivity contribution in [3.8, 4) is 11.8 Å². The molecule has 2 rings (SSSR count). The summed E-state index contributed by atoms with van der Waals surface area (Å²) in [6.07, 6.45) is 0.267. The van der Waals surface area contributed by atoms with Gasteiger partial charge in [0.25, 0.3) is 0 Å². The SMILES string of the molecule is CN1CCO[C@H](CNCCOc2ccc(C#N)cc2)C1. The summed E-state index contributed by atoms with van der Waals surface area (Å²) < 4.78 is 11.3. The topological polar surface area (TPSA) is 57.5 Å². The number of rotatable bonds is 6. The molecule has 0 bridgehead atoms. The van der Waals surface area contributed by atoms with Crippen LogP contribution >= 0.6 is 0 Å². The zero-order chi connectivity index (χ0) is 14.2. The fourth-order valence-corrected chi connectivity index (χ4v) is 2.12. The molecule has 1 aliphatic rings.